The Morgan fingerprint density at radius 3 is 3.00 bits per heavy atom. The van der Waals surface area contributed by atoms with E-state index in [4.69, 9.17) is 0 Å². The summed E-state index contributed by atoms with van der Waals surface area (Å²) in [6.45, 7) is 2.59. The summed E-state index contributed by atoms with van der Waals surface area (Å²) in [4.78, 5) is 15.6. The van der Waals surface area contributed by atoms with E-state index in [0.717, 1.165) is 21.1 Å². The molecule has 112 valence electrons. The van der Waals surface area contributed by atoms with Crippen LogP contribution in [0.1, 0.15) is 10.4 Å². The van der Waals surface area contributed by atoms with Crippen molar-refractivity contribution in [2.75, 3.05) is 5.32 Å². The van der Waals surface area contributed by atoms with Gasteiger partial charge in [-0.2, -0.15) is 0 Å². The van der Waals surface area contributed by atoms with Gasteiger partial charge in [0.05, 0.1) is 16.9 Å². The summed E-state index contributed by atoms with van der Waals surface area (Å²) in [5, 5.41) is 15.2. The van der Waals surface area contributed by atoms with Gasteiger partial charge in [0.2, 0.25) is 0 Å². The van der Waals surface area contributed by atoms with Crippen LogP contribution in [0.15, 0.2) is 49.1 Å². The smallest absolute Gasteiger partial charge is 0.269 e. The van der Waals surface area contributed by atoms with Gasteiger partial charge in [0.1, 0.15) is 5.00 Å². The first-order chi connectivity index (χ1) is 10.6. The molecule has 2 heterocycles. The summed E-state index contributed by atoms with van der Waals surface area (Å²) < 4.78 is 1.95. The van der Waals surface area contributed by atoms with Crippen molar-refractivity contribution in [1.29, 1.82) is 0 Å². The molecule has 7 heteroatoms. The van der Waals surface area contributed by atoms with Crippen molar-refractivity contribution in [2.24, 2.45) is 0 Å². The number of aromatic nitrogens is 2. The highest BCUT2D eigenvalue weighted by atomic mass is 32.1. The predicted octanol–water partition coefficient (Wildman–Crippen LogP) is 3.76. The van der Waals surface area contributed by atoms with E-state index < -0.39 is 0 Å². The van der Waals surface area contributed by atoms with E-state index in [1.54, 1.807) is 36.0 Å². The minimum absolute atomic E-state index is 0.112. The molecule has 0 aliphatic carbocycles. The monoisotopic (exact) mass is 314 g/mol. The number of aryl methyl sites for hydroxylation is 1. The Morgan fingerprint density at radius 1 is 1.41 bits per heavy atom. The minimum Gasteiger partial charge on any atom is -0.380 e. The molecule has 0 atom stereocenters. The van der Waals surface area contributed by atoms with E-state index in [9.17, 15) is 10.1 Å². The van der Waals surface area contributed by atoms with E-state index >= 15 is 0 Å². The first kappa shape index (κ1) is 14.3. The molecule has 22 heavy (non-hydrogen) atoms. The van der Waals surface area contributed by atoms with Gasteiger partial charge in [0, 0.05) is 35.9 Å². The minimum atomic E-state index is -0.378. The molecule has 0 saturated carbocycles. The lowest BCUT2D eigenvalue weighted by atomic mass is 10.2. The molecule has 0 fully saturated rings. The second-order valence-electron chi connectivity index (χ2n) is 4.81. The first-order valence-electron chi connectivity index (χ1n) is 6.69. The number of thiophene rings is 1. The highest BCUT2D eigenvalue weighted by molar-refractivity contribution is 7.15. The number of imidazole rings is 1. The molecule has 0 radical (unpaired) electrons. The fraction of sp³-hybridized carbons (Fsp3) is 0.133. The summed E-state index contributed by atoms with van der Waals surface area (Å²) >= 11 is 1.67. The van der Waals surface area contributed by atoms with Crippen LogP contribution in [0.25, 0.3) is 5.00 Å². The van der Waals surface area contributed by atoms with Gasteiger partial charge in [-0.05, 0) is 18.6 Å². The lowest BCUT2D eigenvalue weighted by Crippen LogP contribution is -2.00. The summed E-state index contributed by atoms with van der Waals surface area (Å²) in [5.41, 5.74) is 2.02. The molecule has 0 saturated heterocycles. The lowest BCUT2D eigenvalue weighted by molar-refractivity contribution is -0.384. The van der Waals surface area contributed by atoms with Crippen LogP contribution < -0.4 is 5.32 Å². The van der Waals surface area contributed by atoms with Crippen LogP contribution in [0, 0.1) is 17.0 Å². The fourth-order valence-corrected chi connectivity index (χ4v) is 3.08. The molecule has 0 aliphatic heterocycles. The van der Waals surface area contributed by atoms with Crippen molar-refractivity contribution in [3.05, 3.63) is 69.6 Å². The van der Waals surface area contributed by atoms with Crippen LogP contribution in [-0.2, 0) is 6.54 Å². The third-order valence-corrected chi connectivity index (χ3v) is 4.33. The van der Waals surface area contributed by atoms with Crippen molar-refractivity contribution in [3.8, 4) is 5.00 Å². The number of hydrogen-bond donors (Lipinski definition) is 1. The highest BCUT2D eigenvalue weighted by Crippen LogP contribution is 2.29. The number of hydrogen-bond acceptors (Lipinski definition) is 5. The number of anilines is 1. The van der Waals surface area contributed by atoms with Crippen molar-refractivity contribution in [2.45, 2.75) is 13.5 Å². The van der Waals surface area contributed by atoms with E-state index in [1.165, 1.54) is 6.07 Å². The second-order valence-corrected chi connectivity index (χ2v) is 6.04. The molecule has 1 N–H and O–H groups in total. The summed E-state index contributed by atoms with van der Waals surface area (Å²) in [5.74, 6) is 0. The predicted molar refractivity (Wildman–Crippen MR) is 86.6 cm³/mol. The molecule has 0 bridgehead atoms. The van der Waals surface area contributed by atoms with Crippen LogP contribution in [0.3, 0.4) is 0 Å². The zero-order valence-corrected chi connectivity index (χ0v) is 12.7. The average molecular weight is 314 g/mol. The Balaban J connectivity index is 1.74. The molecular formula is C15H14N4O2S. The third-order valence-electron chi connectivity index (χ3n) is 3.27. The standard InChI is InChI=1S/C15H14N4O2S/c1-11-14(8-15(22-11)18-6-5-16-10-18)17-9-12-3-2-4-13(7-12)19(20)21/h2-8,10,17H,9H2,1H3. The molecule has 3 aromatic rings. The van der Waals surface area contributed by atoms with Gasteiger partial charge >= 0.3 is 0 Å². The van der Waals surface area contributed by atoms with Crippen LogP contribution in [-0.4, -0.2) is 14.5 Å². The molecule has 2 aromatic heterocycles. The van der Waals surface area contributed by atoms with Gasteiger partial charge in [-0.1, -0.05) is 12.1 Å². The maximum Gasteiger partial charge on any atom is 0.269 e. The van der Waals surface area contributed by atoms with E-state index in [2.05, 4.69) is 16.4 Å². The Kier molecular flexibility index (Phi) is 3.88. The average Bonchev–Trinajstić information content (AvgIpc) is 3.15. The lowest BCUT2D eigenvalue weighted by Gasteiger charge is -2.05. The molecule has 0 spiro atoms. The van der Waals surface area contributed by atoms with Crippen molar-refractivity contribution in [3.63, 3.8) is 0 Å². The van der Waals surface area contributed by atoms with Crippen LogP contribution >= 0.6 is 11.3 Å². The van der Waals surface area contributed by atoms with Crippen molar-refractivity contribution < 1.29 is 4.92 Å². The molecule has 1 aromatic carbocycles. The van der Waals surface area contributed by atoms with Crippen LogP contribution in [0.4, 0.5) is 11.4 Å². The number of nitrogens with one attached hydrogen (secondary N) is 1. The van der Waals surface area contributed by atoms with E-state index in [-0.39, 0.29) is 10.6 Å². The number of nitro benzene ring substituents is 1. The fourth-order valence-electron chi connectivity index (χ4n) is 2.14. The van der Waals surface area contributed by atoms with Gasteiger partial charge in [-0.15, -0.1) is 11.3 Å². The zero-order valence-electron chi connectivity index (χ0n) is 11.9. The van der Waals surface area contributed by atoms with Crippen LogP contribution in [0.2, 0.25) is 0 Å². The molecular weight excluding hydrogens is 300 g/mol. The Labute approximate surface area is 131 Å². The second kappa shape index (κ2) is 5.98. The SMILES string of the molecule is Cc1sc(-n2ccnc2)cc1NCc1cccc([N+](=O)[O-])c1. The largest absolute Gasteiger partial charge is 0.380 e. The number of nitro groups is 1. The van der Waals surface area contributed by atoms with Crippen LogP contribution in [0.5, 0.6) is 0 Å². The quantitative estimate of drug-likeness (QED) is 0.575. The molecule has 0 amide bonds. The van der Waals surface area contributed by atoms with Gasteiger partial charge in [-0.3, -0.25) is 14.7 Å². The number of benzene rings is 1. The van der Waals surface area contributed by atoms with Crippen molar-refractivity contribution in [1.82, 2.24) is 9.55 Å². The topological polar surface area (TPSA) is 73.0 Å². The van der Waals surface area contributed by atoms with E-state index in [0.29, 0.717) is 6.54 Å². The maximum absolute atomic E-state index is 10.8. The highest BCUT2D eigenvalue weighted by Gasteiger charge is 2.08. The molecule has 0 aliphatic rings. The van der Waals surface area contributed by atoms with Crippen molar-refractivity contribution >= 4 is 22.7 Å². The number of rotatable bonds is 5. The Morgan fingerprint density at radius 2 is 2.27 bits per heavy atom. The molecule has 6 nitrogen and oxygen atoms in total. The number of non-ortho nitro benzene ring substituents is 1. The summed E-state index contributed by atoms with van der Waals surface area (Å²) in [6.07, 6.45) is 5.40. The normalized spacial score (nSPS) is 10.6. The third kappa shape index (κ3) is 2.99. The Bertz CT molecular complexity index is 796. The number of nitrogens with zero attached hydrogens (tertiary/aromatic N) is 3. The van der Waals surface area contributed by atoms with E-state index in [1.807, 2.05) is 23.8 Å². The summed E-state index contributed by atoms with van der Waals surface area (Å²) in [6, 6.07) is 8.71. The Hall–Kier alpha value is -2.67. The molecule has 0 unspecified atom stereocenters. The first-order valence-corrected chi connectivity index (χ1v) is 7.51. The van der Waals surface area contributed by atoms with Gasteiger partial charge < -0.3 is 5.32 Å². The maximum atomic E-state index is 10.8. The van der Waals surface area contributed by atoms with Gasteiger partial charge in [-0.25, -0.2) is 4.98 Å². The molecule has 3 rings (SSSR count). The van der Waals surface area contributed by atoms with Gasteiger partial charge in [0.25, 0.3) is 5.69 Å². The zero-order chi connectivity index (χ0) is 15.5. The summed E-state index contributed by atoms with van der Waals surface area (Å²) in [7, 11) is 0. The van der Waals surface area contributed by atoms with Gasteiger partial charge in [0.15, 0.2) is 0 Å².